The summed E-state index contributed by atoms with van der Waals surface area (Å²) in [4.78, 5) is 22.3. The van der Waals surface area contributed by atoms with Crippen LogP contribution in [-0.4, -0.2) is 23.1 Å². The zero-order chi connectivity index (χ0) is 20.3. The van der Waals surface area contributed by atoms with E-state index in [-0.39, 0.29) is 28.1 Å². The minimum absolute atomic E-state index is 0.0287. The average Bonchev–Trinajstić information content (AvgIpc) is 3.35. The van der Waals surface area contributed by atoms with Gasteiger partial charge in [-0.05, 0) is 66.2 Å². The van der Waals surface area contributed by atoms with Crippen LogP contribution in [0.5, 0.6) is 5.75 Å². The highest BCUT2D eigenvalue weighted by molar-refractivity contribution is 5.87. The van der Waals surface area contributed by atoms with Crippen molar-refractivity contribution in [2.24, 2.45) is 17.8 Å². The standard InChI is InChI=1S/C22H22N2O5/c1-29-17-10-15(24(27)28)9-16-18-13-6-7-14(8-13)19(18)20(23-21(16)17)11-2-4-12(5-3-11)22(25)26/h2-5,9-10,13-14,18-20,23H,6-8H2,1H3,(H,25,26). The van der Waals surface area contributed by atoms with E-state index in [1.54, 1.807) is 18.2 Å². The molecule has 2 aromatic rings. The van der Waals surface area contributed by atoms with Gasteiger partial charge in [0, 0.05) is 6.07 Å². The smallest absolute Gasteiger partial charge is 0.335 e. The van der Waals surface area contributed by atoms with Gasteiger partial charge in [-0.1, -0.05) is 12.1 Å². The Hall–Kier alpha value is -3.09. The Kier molecular flexibility index (Phi) is 4.01. The molecule has 1 aliphatic heterocycles. The number of anilines is 1. The van der Waals surface area contributed by atoms with Gasteiger partial charge in [0.1, 0.15) is 5.75 Å². The van der Waals surface area contributed by atoms with Crippen LogP contribution < -0.4 is 10.1 Å². The zero-order valence-corrected chi connectivity index (χ0v) is 16.0. The quantitative estimate of drug-likeness (QED) is 0.580. The minimum Gasteiger partial charge on any atom is -0.494 e. The summed E-state index contributed by atoms with van der Waals surface area (Å²) in [5.41, 5.74) is 3.20. The lowest BCUT2D eigenvalue weighted by atomic mass is 9.68. The van der Waals surface area contributed by atoms with Gasteiger partial charge < -0.3 is 15.2 Å². The normalized spacial score (nSPS) is 28.9. The molecule has 2 fully saturated rings. The number of benzene rings is 2. The van der Waals surface area contributed by atoms with Crippen LogP contribution in [0.25, 0.3) is 0 Å². The van der Waals surface area contributed by atoms with Gasteiger partial charge in [0.25, 0.3) is 5.69 Å². The second-order valence-electron chi connectivity index (χ2n) is 8.35. The molecular formula is C22H22N2O5. The lowest BCUT2D eigenvalue weighted by Gasteiger charge is -2.43. The van der Waals surface area contributed by atoms with Gasteiger partial charge in [0.05, 0.1) is 35.4 Å². The molecule has 2 aliphatic carbocycles. The van der Waals surface area contributed by atoms with E-state index < -0.39 is 5.97 Å². The molecule has 3 aliphatic rings. The summed E-state index contributed by atoms with van der Waals surface area (Å²) in [5, 5.41) is 24.3. The maximum absolute atomic E-state index is 11.5. The Balaban J connectivity index is 1.63. The van der Waals surface area contributed by atoms with E-state index in [0.717, 1.165) is 29.7 Å². The molecule has 0 amide bonds. The SMILES string of the molecule is COc1cc([N+](=O)[O-])cc2c1NC(c1ccc(C(=O)O)cc1)C1C3CCC(C3)C21. The Morgan fingerprint density at radius 1 is 1.21 bits per heavy atom. The molecule has 2 aromatic carbocycles. The fourth-order valence-corrected chi connectivity index (χ4v) is 5.97. The van der Waals surface area contributed by atoms with Gasteiger partial charge in [-0.25, -0.2) is 4.79 Å². The van der Waals surface area contributed by atoms with Crippen LogP contribution in [0, 0.1) is 27.9 Å². The van der Waals surface area contributed by atoms with Crippen molar-refractivity contribution in [2.45, 2.75) is 31.2 Å². The van der Waals surface area contributed by atoms with Crippen LogP contribution in [0.3, 0.4) is 0 Å². The summed E-state index contributed by atoms with van der Waals surface area (Å²) in [6.07, 6.45) is 3.48. The third-order valence-electron chi connectivity index (χ3n) is 7.09. The monoisotopic (exact) mass is 394 g/mol. The van der Waals surface area contributed by atoms with Crippen molar-refractivity contribution in [3.8, 4) is 5.75 Å². The molecule has 2 N–H and O–H groups in total. The van der Waals surface area contributed by atoms with E-state index in [1.165, 1.54) is 19.6 Å². The maximum atomic E-state index is 11.5. The van der Waals surface area contributed by atoms with Crippen LogP contribution >= 0.6 is 0 Å². The van der Waals surface area contributed by atoms with E-state index in [0.29, 0.717) is 23.5 Å². The highest BCUT2D eigenvalue weighted by Gasteiger charge is 2.54. The zero-order valence-electron chi connectivity index (χ0n) is 16.0. The van der Waals surface area contributed by atoms with Crippen molar-refractivity contribution < 1.29 is 19.6 Å². The largest absolute Gasteiger partial charge is 0.494 e. The first kappa shape index (κ1) is 18.0. The number of nitro benzene ring substituents is 1. The number of carbonyl (C=O) groups is 1. The number of methoxy groups -OCH3 is 1. The lowest BCUT2D eigenvalue weighted by molar-refractivity contribution is -0.385. The second-order valence-corrected chi connectivity index (χ2v) is 8.35. The van der Waals surface area contributed by atoms with Gasteiger partial charge >= 0.3 is 5.97 Å². The van der Waals surface area contributed by atoms with E-state index in [2.05, 4.69) is 5.32 Å². The maximum Gasteiger partial charge on any atom is 0.335 e. The van der Waals surface area contributed by atoms with Gasteiger partial charge in [0.15, 0.2) is 0 Å². The van der Waals surface area contributed by atoms with Crippen molar-refractivity contribution in [1.82, 2.24) is 0 Å². The first-order valence-electron chi connectivity index (χ1n) is 9.94. The number of carboxylic acid groups (broad SMARTS) is 1. The average molecular weight is 394 g/mol. The molecule has 2 bridgehead atoms. The number of hydrogen-bond donors (Lipinski definition) is 2. The van der Waals surface area contributed by atoms with Crippen molar-refractivity contribution in [2.75, 3.05) is 12.4 Å². The number of nitro groups is 1. The minimum atomic E-state index is -0.940. The molecule has 0 saturated heterocycles. The molecule has 150 valence electrons. The lowest BCUT2D eigenvalue weighted by Crippen LogP contribution is -2.35. The first-order valence-corrected chi connectivity index (χ1v) is 9.94. The summed E-state index contributed by atoms with van der Waals surface area (Å²) in [6.45, 7) is 0. The van der Waals surface area contributed by atoms with Gasteiger partial charge in [-0.3, -0.25) is 10.1 Å². The van der Waals surface area contributed by atoms with Crippen molar-refractivity contribution in [3.63, 3.8) is 0 Å². The van der Waals surface area contributed by atoms with Gasteiger partial charge in [-0.15, -0.1) is 0 Å². The molecule has 0 spiro atoms. The first-order chi connectivity index (χ1) is 14.0. The van der Waals surface area contributed by atoms with Crippen molar-refractivity contribution in [3.05, 3.63) is 63.2 Å². The Morgan fingerprint density at radius 3 is 2.59 bits per heavy atom. The highest BCUT2D eigenvalue weighted by atomic mass is 16.6. The summed E-state index contributed by atoms with van der Waals surface area (Å²) in [7, 11) is 1.53. The second kappa shape index (κ2) is 6.47. The predicted octanol–water partition coefficient (Wildman–Crippen LogP) is 4.60. The van der Waals surface area contributed by atoms with Gasteiger partial charge in [0.2, 0.25) is 0 Å². The Labute approximate surface area is 167 Å². The number of hydrogen-bond acceptors (Lipinski definition) is 5. The van der Waals surface area contributed by atoms with E-state index in [4.69, 9.17) is 4.74 Å². The van der Waals surface area contributed by atoms with Crippen molar-refractivity contribution >= 4 is 17.3 Å². The molecular weight excluding hydrogens is 372 g/mol. The van der Waals surface area contributed by atoms with Crippen LogP contribution in [-0.2, 0) is 0 Å². The third kappa shape index (κ3) is 2.68. The fourth-order valence-electron chi connectivity index (χ4n) is 5.97. The number of nitrogens with one attached hydrogen (secondary N) is 1. The number of fused-ring (bicyclic) bond motifs is 7. The van der Waals surface area contributed by atoms with Crippen LogP contribution in [0.4, 0.5) is 11.4 Å². The fraction of sp³-hybridized carbons (Fsp3) is 0.409. The summed E-state index contributed by atoms with van der Waals surface area (Å²) in [6, 6.07) is 10.3. The Bertz CT molecular complexity index is 1000. The molecule has 5 rings (SSSR count). The highest BCUT2D eigenvalue weighted by Crippen LogP contribution is 2.65. The van der Waals surface area contributed by atoms with E-state index >= 15 is 0 Å². The summed E-state index contributed by atoms with van der Waals surface area (Å²) < 4.78 is 5.52. The topological polar surface area (TPSA) is 102 Å². The molecule has 29 heavy (non-hydrogen) atoms. The van der Waals surface area contributed by atoms with Crippen LogP contribution in [0.2, 0.25) is 0 Å². The van der Waals surface area contributed by atoms with Gasteiger partial charge in [-0.2, -0.15) is 0 Å². The molecule has 5 unspecified atom stereocenters. The number of aromatic carboxylic acids is 1. The molecule has 7 heteroatoms. The predicted molar refractivity (Wildman–Crippen MR) is 106 cm³/mol. The number of non-ortho nitro benzene ring substituents is 1. The molecule has 5 atom stereocenters. The molecule has 0 aromatic heterocycles. The summed E-state index contributed by atoms with van der Waals surface area (Å²) in [5.74, 6) is 1.23. The molecule has 1 heterocycles. The number of carboxylic acids is 1. The van der Waals surface area contributed by atoms with Crippen molar-refractivity contribution in [1.29, 1.82) is 0 Å². The van der Waals surface area contributed by atoms with Crippen LogP contribution in [0.15, 0.2) is 36.4 Å². The number of ether oxygens (including phenoxy) is 1. The number of nitrogens with zero attached hydrogens (tertiary/aromatic N) is 1. The van der Waals surface area contributed by atoms with E-state index in [1.807, 2.05) is 12.1 Å². The molecule has 0 radical (unpaired) electrons. The summed E-state index contributed by atoms with van der Waals surface area (Å²) >= 11 is 0. The Morgan fingerprint density at radius 2 is 1.93 bits per heavy atom. The molecule has 2 saturated carbocycles. The van der Waals surface area contributed by atoms with E-state index in [9.17, 15) is 20.0 Å². The molecule has 7 nitrogen and oxygen atoms in total. The third-order valence-corrected chi connectivity index (χ3v) is 7.09. The van der Waals surface area contributed by atoms with Crippen LogP contribution in [0.1, 0.15) is 52.7 Å². The number of rotatable bonds is 4.